The van der Waals surface area contributed by atoms with E-state index in [1.165, 1.54) is 12.1 Å². The van der Waals surface area contributed by atoms with Gasteiger partial charge in [-0.25, -0.2) is 8.78 Å². The van der Waals surface area contributed by atoms with Crippen molar-refractivity contribution in [2.24, 2.45) is 0 Å². The van der Waals surface area contributed by atoms with Crippen molar-refractivity contribution in [2.75, 3.05) is 12.0 Å². The Morgan fingerprint density at radius 3 is 2.67 bits per heavy atom. The van der Waals surface area contributed by atoms with Crippen molar-refractivity contribution in [3.63, 3.8) is 0 Å². The van der Waals surface area contributed by atoms with Crippen LogP contribution in [-0.2, 0) is 13.1 Å². The summed E-state index contributed by atoms with van der Waals surface area (Å²) >= 11 is 0. The summed E-state index contributed by atoms with van der Waals surface area (Å²) in [6.07, 6.45) is 1.68. The molecule has 0 radical (unpaired) electrons. The first-order chi connectivity index (χ1) is 8.70. The number of alkyl halides is 1. The van der Waals surface area contributed by atoms with Crippen molar-refractivity contribution in [3.05, 3.63) is 47.5 Å². The van der Waals surface area contributed by atoms with E-state index in [1.54, 1.807) is 23.0 Å². The highest BCUT2D eigenvalue weighted by Crippen LogP contribution is 2.15. The number of aryl methyl sites for hydroxylation is 1. The smallest absolute Gasteiger partial charge is 0.123 e. The van der Waals surface area contributed by atoms with Gasteiger partial charge in [-0.1, -0.05) is 12.1 Å². The second-order valence-corrected chi connectivity index (χ2v) is 4.04. The van der Waals surface area contributed by atoms with Crippen molar-refractivity contribution in [1.29, 1.82) is 0 Å². The van der Waals surface area contributed by atoms with Crippen LogP contribution in [0.1, 0.15) is 11.3 Å². The van der Waals surface area contributed by atoms with Gasteiger partial charge in [0.2, 0.25) is 0 Å². The lowest BCUT2D eigenvalue weighted by Gasteiger charge is -2.06. The van der Waals surface area contributed by atoms with Crippen LogP contribution in [0.4, 0.5) is 14.5 Å². The Balaban J connectivity index is 1.99. The van der Waals surface area contributed by atoms with Gasteiger partial charge in [0.25, 0.3) is 0 Å². The van der Waals surface area contributed by atoms with E-state index >= 15 is 0 Å². The highest BCUT2D eigenvalue weighted by Gasteiger charge is 2.05. The van der Waals surface area contributed by atoms with E-state index in [0.717, 1.165) is 16.9 Å². The van der Waals surface area contributed by atoms with E-state index in [1.807, 2.05) is 6.92 Å². The molecule has 5 heteroatoms. The van der Waals surface area contributed by atoms with E-state index in [4.69, 9.17) is 0 Å². The van der Waals surface area contributed by atoms with E-state index < -0.39 is 6.67 Å². The first-order valence-electron chi connectivity index (χ1n) is 5.77. The van der Waals surface area contributed by atoms with Gasteiger partial charge < -0.3 is 5.32 Å². The van der Waals surface area contributed by atoms with Crippen molar-refractivity contribution in [3.8, 4) is 0 Å². The number of aromatic nitrogens is 2. The lowest BCUT2D eigenvalue weighted by atomic mass is 10.2. The number of halogens is 2. The quantitative estimate of drug-likeness (QED) is 0.885. The highest BCUT2D eigenvalue weighted by atomic mass is 19.1. The average Bonchev–Trinajstić information content (AvgIpc) is 2.71. The van der Waals surface area contributed by atoms with Gasteiger partial charge in [0.15, 0.2) is 0 Å². The normalized spacial score (nSPS) is 10.6. The monoisotopic (exact) mass is 251 g/mol. The summed E-state index contributed by atoms with van der Waals surface area (Å²) < 4.78 is 26.6. The van der Waals surface area contributed by atoms with Crippen molar-refractivity contribution < 1.29 is 8.78 Å². The Morgan fingerprint density at radius 2 is 2.00 bits per heavy atom. The van der Waals surface area contributed by atoms with Gasteiger partial charge in [0.1, 0.15) is 12.5 Å². The second kappa shape index (κ2) is 5.62. The summed E-state index contributed by atoms with van der Waals surface area (Å²) in [5, 5.41) is 7.29. The van der Waals surface area contributed by atoms with E-state index in [9.17, 15) is 8.78 Å². The van der Waals surface area contributed by atoms with Crippen LogP contribution in [0.3, 0.4) is 0 Å². The Bertz CT molecular complexity index is 505. The zero-order valence-corrected chi connectivity index (χ0v) is 10.2. The molecular formula is C13H15F2N3. The van der Waals surface area contributed by atoms with Crippen LogP contribution in [-0.4, -0.2) is 16.5 Å². The molecular weight excluding hydrogens is 236 g/mol. The third-order valence-corrected chi connectivity index (χ3v) is 2.80. The molecule has 0 spiro atoms. The lowest BCUT2D eigenvalue weighted by molar-refractivity contribution is 0.423. The van der Waals surface area contributed by atoms with Crippen LogP contribution in [0.15, 0.2) is 30.5 Å². The molecule has 0 aliphatic carbocycles. The molecule has 0 saturated carbocycles. The van der Waals surface area contributed by atoms with Gasteiger partial charge in [-0.05, 0) is 24.6 Å². The van der Waals surface area contributed by atoms with Crippen LogP contribution >= 0.6 is 0 Å². The zero-order valence-electron chi connectivity index (χ0n) is 10.2. The summed E-state index contributed by atoms with van der Waals surface area (Å²) in [6, 6.07) is 6.31. The maximum absolute atomic E-state index is 12.7. The summed E-state index contributed by atoms with van der Waals surface area (Å²) in [5.74, 6) is -0.245. The Morgan fingerprint density at radius 1 is 1.28 bits per heavy atom. The minimum absolute atomic E-state index is 0.245. The van der Waals surface area contributed by atoms with Crippen molar-refractivity contribution >= 4 is 5.69 Å². The topological polar surface area (TPSA) is 29.9 Å². The molecule has 1 aromatic heterocycles. The molecule has 3 nitrogen and oxygen atoms in total. The van der Waals surface area contributed by atoms with E-state index in [0.29, 0.717) is 6.54 Å². The summed E-state index contributed by atoms with van der Waals surface area (Å²) in [6.45, 7) is 2.31. The first-order valence-corrected chi connectivity index (χ1v) is 5.77. The Labute approximate surface area is 104 Å². The molecule has 1 heterocycles. The van der Waals surface area contributed by atoms with Crippen LogP contribution in [0, 0.1) is 12.7 Å². The van der Waals surface area contributed by atoms with Gasteiger partial charge >= 0.3 is 0 Å². The fraction of sp³-hybridized carbons (Fsp3) is 0.308. The fourth-order valence-electron chi connectivity index (χ4n) is 1.73. The van der Waals surface area contributed by atoms with E-state index in [2.05, 4.69) is 10.4 Å². The van der Waals surface area contributed by atoms with Crippen molar-refractivity contribution in [1.82, 2.24) is 9.78 Å². The number of anilines is 1. The number of hydrogen-bond acceptors (Lipinski definition) is 2. The van der Waals surface area contributed by atoms with Gasteiger partial charge in [0, 0.05) is 6.54 Å². The lowest BCUT2D eigenvalue weighted by Crippen LogP contribution is -2.05. The number of nitrogens with zero attached hydrogens (tertiary/aromatic N) is 2. The molecule has 0 saturated heterocycles. The third-order valence-electron chi connectivity index (χ3n) is 2.80. The predicted molar refractivity (Wildman–Crippen MR) is 66.7 cm³/mol. The predicted octanol–water partition coefficient (Wildman–Crippen LogP) is 2.91. The van der Waals surface area contributed by atoms with Crippen LogP contribution in [0.5, 0.6) is 0 Å². The second-order valence-electron chi connectivity index (χ2n) is 4.04. The molecule has 0 fully saturated rings. The van der Waals surface area contributed by atoms with E-state index in [-0.39, 0.29) is 12.4 Å². The summed E-state index contributed by atoms with van der Waals surface area (Å²) in [4.78, 5) is 0. The Hall–Kier alpha value is -1.91. The molecule has 0 bridgehead atoms. The van der Waals surface area contributed by atoms with Gasteiger partial charge in [0.05, 0.1) is 24.1 Å². The molecule has 1 N–H and O–H groups in total. The van der Waals surface area contributed by atoms with Gasteiger partial charge in [-0.15, -0.1) is 0 Å². The summed E-state index contributed by atoms with van der Waals surface area (Å²) in [5.41, 5.74) is 2.75. The fourth-order valence-corrected chi connectivity index (χ4v) is 1.73. The molecule has 18 heavy (non-hydrogen) atoms. The van der Waals surface area contributed by atoms with Gasteiger partial charge in [-0.2, -0.15) is 5.10 Å². The van der Waals surface area contributed by atoms with Gasteiger partial charge in [-0.3, -0.25) is 4.68 Å². The molecule has 96 valence electrons. The minimum Gasteiger partial charge on any atom is -0.378 e. The molecule has 2 rings (SSSR count). The number of benzene rings is 1. The highest BCUT2D eigenvalue weighted by molar-refractivity contribution is 5.46. The third kappa shape index (κ3) is 2.85. The van der Waals surface area contributed by atoms with Crippen molar-refractivity contribution in [2.45, 2.75) is 20.0 Å². The molecule has 0 atom stereocenters. The van der Waals surface area contributed by atoms with Crippen LogP contribution in [0.2, 0.25) is 0 Å². The maximum Gasteiger partial charge on any atom is 0.123 e. The Kier molecular flexibility index (Phi) is 3.92. The maximum atomic E-state index is 12.7. The summed E-state index contributed by atoms with van der Waals surface area (Å²) in [7, 11) is 0. The SMILES string of the molecule is Cc1c(NCc2ccc(F)cc2)cnn1CCF. The number of rotatable bonds is 5. The molecule has 0 amide bonds. The molecule has 0 unspecified atom stereocenters. The molecule has 0 aliphatic heterocycles. The molecule has 1 aromatic carbocycles. The zero-order chi connectivity index (χ0) is 13.0. The van der Waals surface area contributed by atoms with Crippen LogP contribution < -0.4 is 5.32 Å². The average molecular weight is 251 g/mol. The largest absolute Gasteiger partial charge is 0.378 e. The number of nitrogens with one attached hydrogen (secondary N) is 1. The standard InChI is InChI=1S/C13H15F2N3/c1-10-13(9-17-18(10)7-6-14)16-8-11-2-4-12(15)5-3-11/h2-5,9,16H,6-8H2,1H3. The number of hydrogen-bond donors (Lipinski definition) is 1. The minimum atomic E-state index is -0.431. The molecule has 2 aromatic rings. The van der Waals surface area contributed by atoms with Crippen LogP contribution in [0.25, 0.3) is 0 Å². The first kappa shape index (κ1) is 12.5. The molecule has 0 aliphatic rings.